The maximum atomic E-state index is 13.0. The molecule has 91 heavy (non-hydrogen) atoms. The molecule has 19 heteroatoms. The second kappa shape index (κ2) is 61.6. The molecule has 7 atom stereocenters. The molecule has 0 saturated carbocycles. The summed E-state index contributed by atoms with van der Waals surface area (Å²) in [5.41, 5.74) is 0. The number of carbonyl (C=O) groups excluding carboxylic acids is 4. The number of ether oxygens (including phenoxy) is 4. The first kappa shape index (κ1) is 89.1. The summed E-state index contributed by atoms with van der Waals surface area (Å²) in [4.78, 5) is 72.6. The van der Waals surface area contributed by atoms with Gasteiger partial charge in [0.1, 0.15) is 19.3 Å². The molecule has 0 radical (unpaired) electrons. The van der Waals surface area contributed by atoms with Crippen LogP contribution in [0, 0.1) is 23.7 Å². The Bertz CT molecular complexity index is 1800. The summed E-state index contributed by atoms with van der Waals surface area (Å²) in [5.74, 6) is 0.897. The predicted molar refractivity (Wildman–Crippen MR) is 367 cm³/mol. The van der Waals surface area contributed by atoms with E-state index >= 15 is 0 Å². The lowest BCUT2D eigenvalue weighted by molar-refractivity contribution is -0.161. The van der Waals surface area contributed by atoms with E-state index in [0.29, 0.717) is 25.7 Å². The van der Waals surface area contributed by atoms with Gasteiger partial charge in [0.05, 0.1) is 26.4 Å². The van der Waals surface area contributed by atoms with Gasteiger partial charge in [-0.2, -0.15) is 0 Å². The van der Waals surface area contributed by atoms with Crippen molar-refractivity contribution in [3.63, 3.8) is 0 Å². The van der Waals surface area contributed by atoms with E-state index in [2.05, 4.69) is 55.4 Å². The molecule has 0 bridgehead atoms. The van der Waals surface area contributed by atoms with Gasteiger partial charge in [-0.05, 0) is 49.4 Å². The molecule has 0 spiro atoms. The predicted octanol–water partition coefficient (Wildman–Crippen LogP) is 20.5. The number of esters is 4. The molecule has 0 aliphatic heterocycles. The van der Waals surface area contributed by atoms with E-state index < -0.39 is 97.5 Å². The highest BCUT2D eigenvalue weighted by atomic mass is 31.2. The van der Waals surface area contributed by atoms with E-state index in [4.69, 9.17) is 37.0 Å². The summed E-state index contributed by atoms with van der Waals surface area (Å²) in [6, 6.07) is 0. The van der Waals surface area contributed by atoms with Gasteiger partial charge in [0.25, 0.3) is 0 Å². The first-order valence-electron chi connectivity index (χ1n) is 37.3. The third-order valence-corrected chi connectivity index (χ3v) is 19.2. The minimum Gasteiger partial charge on any atom is -0.462 e. The minimum atomic E-state index is -4.95. The lowest BCUT2D eigenvalue weighted by Crippen LogP contribution is -2.30. The van der Waals surface area contributed by atoms with Gasteiger partial charge in [-0.25, -0.2) is 9.13 Å². The molecule has 0 fully saturated rings. The van der Waals surface area contributed by atoms with Crippen molar-refractivity contribution in [2.24, 2.45) is 23.7 Å². The third kappa shape index (κ3) is 63.9. The number of phosphoric ester groups is 2. The van der Waals surface area contributed by atoms with Crippen LogP contribution in [-0.2, 0) is 65.4 Å². The van der Waals surface area contributed by atoms with Crippen molar-refractivity contribution in [3.8, 4) is 0 Å². The molecule has 0 aliphatic carbocycles. The van der Waals surface area contributed by atoms with Gasteiger partial charge in [-0.3, -0.25) is 37.3 Å². The Hall–Kier alpha value is -1.94. The molecule has 17 nitrogen and oxygen atoms in total. The van der Waals surface area contributed by atoms with Crippen molar-refractivity contribution in [1.82, 2.24) is 0 Å². The van der Waals surface area contributed by atoms with Crippen LogP contribution in [0.1, 0.15) is 357 Å². The maximum absolute atomic E-state index is 13.0. The Morgan fingerprint density at radius 3 is 0.780 bits per heavy atom. The largest absolute Gasteiger partial charge is 0.472 e. The standard InChI is InChI=1S/C72H140O17P2/c1-9-64(7)50-42-34-28-30-36-44-52-69(74)82-58-67(88-71(76)54-46-38-26-22-18-13-11-12-16-20-24-32-40-48-62(3)4)60-86-90(78,79)84-56-66(73)57-85-91(80,81)87-61-68(59-83-70(75)53-45-37-31-29-35-43-51-65(8)10-2)89-72(77)55-47-39-27-23-19-15-14-17-21-25-33-41-49-63(5)6/h62-68,73H,9-61H2,1-8H3,(H,78,79)(H,80,81)/t64?,65?,66-,67+,68+/m0/s1. The van der Waals surface area contributed by atoms with Gasteiger partial charge in [-0.15, -0.1) is 0 Å². The Morgan fingerprint density at radius 2 is 0.527 bits per heavy atom. The molecule has 0 aromatic heterocycles. The number of phosphoric acid groups is 2. The molecule has 540 valence electrons. The van der Waals surface area contributed by atoms with Crippen LogP contribution in [0.5, 0.6) is 0 Å². The summed E-state index contributed by atoms with van der Waals surface area (Å²) >= 11 is 0. The van der Waals surface area contributed by atoms with E-state index in [1.807, 2.05) is 0 Å². The molecular formula is C72H140O17P2. The molecule has 0 heterocycles. The maximum Gasteiger partial charge on any atom is 0.472 e. The fraction of sp³-hybridized carbons (Fsp3) is 0.944. The monoisotopic (exact) mass is 1340 g/mol. The summed E-state index contributed by atoms with van der Waals surface area (Å²) in [6.45, 7) is 14.1. The summed E-state index contributed by atoms with van der Waals surface area (Å²) < 4.78 is 68.4. The van der Waals surface area contributed by atoms with Crippen LogP contribution in [-0.4, -0.2) is 96.7 Å². The number of rotatable bonds is 69. The van der Waals surface area contributed by atoms with Gasteiger partial charge in [0.15, 0.2) is 12.2 Å². The van der Waals surface area contributed by atoms with E-state index in [1.165, 1.54) is 148 Å². The van der Waals surface area contributed by atoms with Crippen LogP contribution in [0.4, 0.5) is 0 Å². The molecule has 0 rings (SSSR count). The number of hydrogen-bond donors (Lipinski definition) is 3. The van der Waals surface area contributed by atoms with E-state index in [9.17, 15) is 43.2 Å². The first-order valence-corrected chi connectivity index (χ1v) is 40.3. The highest BCUT2D eigenvalue weighted by molar-refractivity contribution is 7.47. The SMILES string of the molecule is CCC(C)CCCCCCCCC(=O)OC[C@H](COP(=O)(O)OC[C@H](O)COP(=O)(O)OC[C@@H](COC(=O)CCCCCCCCC(C)CC)OC(=O)CCCCCCCCCCCCCCC(C)C)OC(=O)CCCCCCCCCCCCCCCC(C)C. The number of hydrogen-bond acceptors (Lipinski definition) is 15. The molecule has 0 saturated heterocycles. The van der Waals surface area contributed by atoms with Crippen LogP contribution in [0.3, 0.4) is 0 Å². The lowest BCUT2D eigenvalue weighted by Gasteiger charge is -2.21. The topological polar surface area (TPSA) is 237 Å². The minimum absolute atomic E-state index is 0.105. The van der Waals surface area contributed by atoms with E-state index in [-0.39, 0.29) is 25.7 Å². The van der Waals surface area contributed by atoms with E-state index in [1.54, 1.807) is 0 Å². The summed E-state index contributed by atoms with van der Waals surface area (Å²) in [6.07, 6.45) is 44.4. The van der Waals surface area contributed by atoms with Gasteiger partial charge < -0.3 is 33.8 Å². The lowest BCUT2D eigenvalue weighted by atomic mass is 10.00. The Kier molecular flexibility index (Phi) is 60.3. The van der Waals surface area contributed by atoms with Crippen molar-refractivity contribution in [3.05, 3.63) is 0 Å². The zero-order valence-corrected chi connectivity index (χ0v) is 61.3. The highest BCUT2D eigenvalue weighted by Gasteiger charge is 2.30. The number of unbranched alkanes of at least 4 members (excludes halogenated alkanes) is 33. The van der Waals surface area contributed by atoms with Gasteiger partial charge in [-0.1, -0.05) is 306 Å². The van der Waals surface area contributed by atoms with Gasteiger partial charge in [0.2, 0.25) is 0 Å². The van der Waals surface area contributed by atoms with Crippen LogP contribution < -0.4 is 0 Å². The second-order valence-corrected chi connectivity index (χ2v) is 30.3. The molecule has 3 N–H and O–H groups in total. The quantitative estimate of drug-likeness (QED) is 0.0222. The van der Waals surface area contributed by atoms with Crippen LogP contribution >= 0.6 is 15.6 Å². The number of carbonyl (C=O) groups is 4. The van der Waals surface area contributed by atoms with Crippen molar-refractivity contribution >= 4 is 39.5 Å². The molecule has 0 aliphatic rings. The third-order valence-electron chi connectivity index (χ3n) is 17.3. The highest BCUT2D eigenvalue weighted by Crippen LogP contribution is 2.45. The van der Waals surface area contributed by atoms with Crippen LogP contribution in [0.2, 0.25) is 0 Å². The van der Waals surface area contributed by atoms with Gasteiger partial charge >= 0.3 is 39.5 Å². The Balaban J connectivity index is 5.25. The van der Waals surface area contributed by atoms with Crippen molar-refractivity contribution in [2.45, 2.75) is 375 Å². The summed E-state index contributed by atoms with van der Waals surface area (Å²) in [5, 5.41) is 10.6. The second-order valence-electron chi connectivity index (χ2n) is 27.4. The zero-order chi connectivity index (χ0) is 67.5. The number of aliphatic hydroxyl groups excluding tert-OH is 1. The molecule has 0 aromatic carbocycles. The number of aliphatic hydroxyl groups is 1. The van der Waals surface area contributed by atoms with Gasteiger partial charge in [0, 0.05) is 25.7 Å². The van der Waals surface area contributed by atoms with E-state index in [0.717, 1.165) is 126 Å². The molecule has 4 unspecified atom stereocenters. The first-order chi connectivity index (χ1) is 43.7. The Morgan fingerprint density at radius 1 is 0.308 bits per heavy atom. The molecule has 0 aromatic rings. The van der Waals surface area contributed by atoms with Crippen molar-refractivity contribution < 1.29 is 80.2 Å². The smallest absolute Gasteiger partial charge is 0.462 e. The zero-order valence-electron chi connectivity index (χ0n) is 59.5. The molecule has 0 amide bonds. The normalized spacial score (nSPS) is 14.8. The fourth-order valence-electron chi connectivity index (χ4n) is 10.8. The Labute approximate surface area is 556 Å². The average Bonchev–Trinajstić information content (AvgIpc) is 3.46. The van der Waals surface area contributed by atoms with Crippen molar-refractivity contribution in [2.75, 3.05) is 39.6 Å². The van der Waals surface area contributed by atoms with Crippen molar-refractivity contribution in [1.29, 1.82) is 0 Å². The fourth-order valence-corrected chi connectivity index (χ4v) is 12.4. The average molecular weight is 1340 g/mol. The van der Waals surface area contributed by atoms with Crippen LogP contribution in [0.25, 0.3) is 0 Å². The molecular weight excluding hydrogens is 1200 g/mol. The summed E-state index contributed by atoms with van der Waals surface area (Å²) in [7, 11) is -9.91. The van der Waals surface area contributed by atoms with Crippen LogP contribution in [0.15, 0.2) is 0 Å².